The van der Waals surface area contributed by atoms with E-state index in [0.717, 1.165) is 22.1 Å². The van der Waals surface area contributed by atoms with Crippen molar-refractivity contribution in [2.45, 2.75) is 22.4 Å². The third kappa shape index (κ3) is 3.96. The Morgan fingerprint density at radius 2 is 2.03 bits per heavy atom. The van der Waals surface area contributed by atoms with Crippen LogP contribution in [0.3, 0.4) is 0 Å². The Morgan fingerprint density at radius 1 is 1.21 bits per heavy atom. The Kier molecular flexibility index (Phi) is 5.49. The Bertz CT molecular complexity index is 1290. The molecule has 29 heavy (non-hydrogen) atoms. The maximum atomic E-state index is 12.8. The second-order valence-electron chi connectivity index (χ2n) is 6.47. The molecule has 0 amide bonds. The van der Waals surface area contributed by atoms with Crippen LogP contribution in [0.5, 0.6) is 0 Å². The van der Waals surface area contributed by atoms with E-state index in [1.54, 1.807) is 29.3 Å². The van der Waals surface area contributed by atoms with Crippen molar-refractivity contribution in [2.75, 3.05) is 22.8 Å². The van der Waals surface area contributed by atoms with E-state index in [9.17, 15) is 16.8 Å². The number of hydrogen-bond donors (Lipinski definition) is 2. The van der Waals surface area contributed by atoms with Gasteiger partial charge in [0.25, 0.3) is 10.0 Å². The highest BCUT2D eigenvalue weighted by atomic mass is 32.2. The highest BCUT2D eigenvalue weighted by Gasteiger charge is 2.24. The van der Waals surface area contributed by atoms with Gasteiger partial charge >= 0.3 is 0 Å². The summed E-state index contributed by atoms with van der Waals surface area (Å²) < 4.78 is 53.7. The van der Waals surface area contributed by atoms with E-state index in [1.165, 1.54) is 18.2 Å². The Balaban J connectivity index is 1.88. The lowest BCUT2D eigenvalue weighted by Gasteiger charge is -2.10. The molecule has 0 aliphatic carbocycles. The molecule has 154 valence electrons. The van der Waals surface area contributed by atoms with Crippen LogP contribution in [0.15, 0.2) is 49.8 Å². The van der Waals surface area contributed by atoms with Crippen molar-refractivity contribution in [2.24, 2.45) is 4.99 Å². The summed E-state index contributed by atoms with van der Waals surface area (Å²) in [5.41, 5.74) is 1.43. The van der Waals surface area contributed by atoms with E-state index in [0.29, 0.717) is 35.2 Å². The first kappa shape index (κ1) is 20.5. The number of aromatic nitrogens is 1. The molecule has 0 bridgehead atoms. The van der Waals surface area contributed by atoms with Gasteiger partial charge in [-0.1, -0.05) is 13.0 Å². The minimum absolute atomic E-state index is 0.0264. The molecule has 2 aromatic heterocycles. The normalized spacial score (nSPS) is 15.0. The third-order valence-electron chi connectivity index (χ3n) is 4.38. The van der Waals surface area contributed by atoms with E-state index in [1.807, 2.05) is 6.92 Å². The number of thioether (sulfide) groups is 1. The largest absolute Gasteiger partial charge is 0.351 e. The number of aliphatic imine (C=N–C) groups is 1. The molecular formula is C18H19N3O4S4. The minimum Gasteiger partial charge on any atom is -0.351 e. The number of fused-ring (bicyclic) bond motifs is 1. The van der Waals surface area contributed by atoms with Crippen molar-refractivity contribution < 1.29 is 16.8 Å². The van der Waals surface area contributed by atoms with Crippen molar-refractivity contribution in [1.29, 1.82) is 0 Å². The standard InChI is InChI=1S/C18H19N3O4S4/c1-2-10-28(22,23)15-6-5-13(21-29(24,25)16-4-3-8-26-16)17-12(15)11-14(20-17)18-19-7-9-27-18/h3-6,8,11,20-21H,2,7,9-10H2,1H3. The van der Waals surface area contributed by atoms with Gasteiger partial charge in [-0.25, -0.2) is 16.8 Å². The van der Waals surface area contributed by atoms with Crippen LogP contribution < -0.4 is 4.72 Å². The smallest absolute Gasteiger partial charge is 0.271 e. The van der Waals surface area contributed by atoms with Gasteiger partial charge in [-0.15, -0.1) is 23.1 Å². The molecule has 0 atom stereocenters. The highest BCUT2D eigenvalue weighted by Crippen LogP contribution is 2.34. The van der Waals surface area contributed by atoms with Crippen LogP contribution in [0.25, 0.3) is 10.9 Å². The zero-order valence-corrected chi connectivity index (χ0v) is 18.8. The average molecular weight is 470 g/mol. The number of aromatic amines is 1. The molecule has 0 fully saturated rings. The molecule has 1 aliphatic rings. The molecule has 7 nitrogen and oxygen atoms in total. The number of H-pyrrole nitrogens is 1. The van der Waals surface area contributed by atoms with Crippen LogP contribution >= 0.6 is 23.1 Å². The lowest BCUT2D eigenvalue weighted by Crippen LogP contribution is -2.12. The van der Waals surface area contributed by atoms with Gasteiger partial charge in [0, 0.05) is 17.7 Å². The molecule has 0 saturated carbocycles. The van der Waals surface area contributed by atoms with Crippen LogP contribution in [0.2, 0.25) is 0 Å². The van der Waals surface area contributed by atoms with Crippen molar-refractivity contribution in [3.63, 3.8) is 0 Å². The average Bonchev–Trinajstić information content (AvgIpc) is 3.40. The van der Waals surface area contributed by atoms with Crippen LogP contribution in [0.1, 0.15) is 19.0 Å². The Labute approximate surface area is 177 Å². The summed E-state index contributed by atoms with van der Waals surface area (Å²) >= 11 is 2.70. The maximum absolute atomic E-state index is 12.8. The molecule has 2 N–H and O–H groups in total. The van der Waals surface area contributed by atoms with Gasteiger partial charge < -0.3 is 4.98 Å². The first-order chi connectivity index (χ1) is 13.8. The maximum Gasteiger partial charge on any atom is 0.271 e. The van der Waals surface area contributed by atoms with Crippen molar-refractivity contribution in [3.8, 4) is 0 Å². The van der Waals surface area contributed by atoms with Crippen LogP contribution in [-0.4, -0.2) is 44.9 Å². The number of benzene rings is 1. The third-order valence-corrected chi connectivity index (χ3v) is 10.1. The van der Waals surface area contributed by atoms with E-state index < -0.39 is 19.9 Å². The van der Waals surface area contributed by atoms with Gasteiger partial charge in [-0.2, -0.15) is 0 Å². The van der Waals surface area contributed by atoms with Crippen molar-refractivity contribution in [1.82, 2.24) is 4.98 Å². The summed E-state index contributed by atoms with van der Waals surface area (Å²) in [5.74, 6) is 0.891. The molecule has 1 aromatic carbocycles. The van der Waals surface area contributed by atoms with Crippen molar-refractivity contribution >= 4 is 64.6 Å². The second kappa shape index (κ2) is 7.78. The summed E-state index contributed by atoms with van der Waals surface area (Å²) in [6, 6.07) is 7.91. The molecule has 3 aromatic rings. The van der Waals surface area contributed by atoms with Gasteiger partial charge in [-0.3, -0.25) is 9.71 Å². The number of anilines is 1. The van der Waals surface area contributed by atoms with Crippen molar-refractivity contribution in [3.05, 3.63) is 41.4 Å². The van der Waals surface area contributed by atoms with Gasteiger partial charge in [0.15, 0.2) is 9.84 Å². The number of nitrogens with one attached hydrogen (secondary N) is 2. The first-order valence-electron chi connectivity index (χ1n) is 8.94. The first-order valence-corrected chi connectivity index (χ1v) is 13.9. The lowest BCUT2D eigenvalue weighted by atomic mass is 10.2. The van der Waals surface area contributed by atoms with E-state index in [4.69, 9.17) is 0 Å². The number of nitrogens with zero attached hydrogens (tertiary/aromatic N) is 1. The van der Waals surface area contributed by atoms with Gasteiger partial charge in [0.2, 0.25) is 0 Å². The fourth-order valence-corrected chi connectivity index (χ4v) is 7.57. The molecule has 3 heterocycles. The Morgan fingerprint density at radius 3 is 2.69 bits per heavy atom. The zero-order chi connectivity index (χ0) is 20.6. The molecule has 4 rings (SSSR count). The predicted molar refractivity (Wildman–Crippen MR) is 120 cm³/mol. The van der Waals surface area contributed by atoms with E-state index in [-0.39, 0.29) is 14.9 Å². The van der Waals surface area contributed by atoms with E-state index in [2.05, 4.69) is 14.7 Å². The SMILES string of the molecule is CCCS(=O)(=O)c1ccc(NS(=O)(=O)c2cccs2)c2[nH]c(C3=NCCS3)cc12. The zero-order valence-electron chi connectivity index (χ0n) is 15.5. The number of rotatable bonds is 7. The highest BCUT2D eigenvalue weighted by molar-refractivity contribution is 8.14. The molecule has 0 spiro atoms. The van der Waals surface area contributed by atoms with Crippen LogP contribution in [0.4, 0.5) is 5.69 Å². The van der Waals surface area contributed by atoms with Crippen LogP contribution in [0, 0.1) is 0 Å². The fourth-order valence-electron chi connectivity index (χ4n) is 3.15. The van der Waals surface area contributed by atoms with Gasteiger partial charge in [-0.05, 0) is 36.1 Å². The van der Waals surface area contributed by atoms with Gasteiger partial charge in [0.1, 0.15) is 9.25 Å². The van der Waals surface area contributed by atoms with E-state index >= 15 is 0 Å². The molecule has 11 heteroatoms. The Hall–Kier alpha value is -1.82. The summed E-state index contributed by atoms with van der Waals surface area (Å²) in [4.78, 5) is 7.82. The summed E-state index contributed by atoms with van der Waals surface area (Å²) in [5, 5.41) is 2.95. The number of sulfone groups is 1. The molecular weight excluding hydrogens is 450 g/mol. The molecule has 0 unspecified atom stereocenters. The lowest BCUT2D eigenvalue weighted by molar-refractivity contribution is 0.595. The summed E-state index contributed by atoms with van der Waals surface area (Å²) in [7, 11) is -7.26. The topological polar surface area (TPSA) is 108 Å². The monoisotopic (exact) mass is 469 g/mol. The summed E-state index contributed by atoms with van der Waals surface area (Å²) in [6.45, 7) is 2.51. The number of hydrogen-bond acceptors (Lipinski definition) is 7. The van der Waals surface area contributed by atoms with Crippen LogP contribution in [-0.2, 0) is 19.9 Å². The quantitative estimate of drug-likeness (QED) is 0.548. The predicted octanol–water partition coefficient (Wildman–Crippen LogP) is 3.71. The molecule has 1 aliphatic heterocycles. The number of sulfonamides is 1. The fraction of sp³-hybridized carbons (Fsp3) is 0.278. The second-order valence-corrected chi connectivity index (χ2v) is 12.5. The summed E-state index contributed by atoms with van der Waals surface area (Å²) in [6.07, 6.45) is 0.496. The molecule has 0 saturated heterocycles. The van der Waals surface area contributed by atoms with Gasteiger partial charge in [0.05, 0.1) is 27.5 Å². The number of thiophene rings is 1. The molecule has 0 radical (unpaired) electrons. The minimum atomic E-state index is -3.77.